The Hall–Kier alpha value is -0.630. The Labute approximate surface area is 238 Å². The maximum absolute atomic E-state index is 12.4. The first-order valence-corrected chi connectivity index (χ1v) is 16.1. The molecule has 0 aromatic carbocycles. The standard InChI is InChI=1S/C29H50O10S/c1-16(2)19(22(15-30)39-40(36,37)38)7-6-17(3)20-12-21(32)25-26(20,4)10-9-23-27(5)11-8-18(31)13-29(27,35)24(33)14-28(23,25)34/h6-7,16-25,30-35H,8-15H2,1-5H3,(H,36,37,38)/t17-,18?,19-,20-,21?,22?,23-,24?,25-,26-,27-,28+,29?/m1/s1. The van der Waals surface area contributed by atoms with E-state index in [4.69, 9.17) is 8.74 Å². The van der Waals surface area contributed by atoms with Crippen molar-refractivity contribution in [3.05, 3.63) is 12.2 Å². The van der Waals surface area contributed by atoms with Gasteiger partial charge in [0, 0.05) is 30.1 Å². The largest absolute Gasteiger partial charge is 0.397 e. The Morgan fingerprint density at radius 3 is 2.23 bits per heavy atom. The third kappa shape index (κ3) is 5.11. The van der Waals surface area contributed by atoms with E-state index in [9.17, 15) is 39.1 Å². The second-order valence-electron chi connectivity index (χ2n) is 14.2. The molecule has 4 rings (SSSR count). The molecule has 40 heavy (non-hydrogen) atoms. The van der Waals surface area contributed by atoms with Crippen LogP contribution < -0.4 is 0 Å². The lowest BCUT2D eigenvalue weighted by Crippen LogP contribution is -2.75. The van der Waals surface area contributed by atoms with Gasteiger partial charge in [0.1, 0.15) is 6.10 Å². The van der Waals surface area contributed by atoms with E-state index in [0.29, 0.717) is 32.1 Å². The molecule has 4 fully saturated rings. The van der Waals surface area contributed by atoms with Crippen molar-refractivity contribution in [3.8, 4) is 0 Å². The van der Waals surface area contributed by atoms with E-state index in [0.717, 1.165) is 0 Å². The fourth-order valence-corrected chi connectivity index (χ4v) is 10.4. The fourth-order valence-electron chi connectivity index (χ4n) is 9.89. The van der Waals surface area contributed by atoms with Gasteiger partial charge in [0.15, 0.2) is 0 Å². The predicted molar refractivity (Wildman–Crippen MR) is 147 cm³/mol. The Kier molecular flexibility index (Phi) is 8.73. The van der Waals surface area contributed by atoms with E-state index in [1.807, 2.05) is 39.8 Å². The highest BCUT2D eigenvalue weighted by atomic mass is 32.3. The first kappa shape index (κ1) is 32.3. The first-order chi connectivity index (χ1) is 18.3. The predicted octanol–water partition coefficient (Wildman–Crippen LogP) is 1.82. The van der Waals surface area contributed by atoms with Crippen molar-refractivity contribution in [2.45, 2.75) is 115 Å². The van der Waals surface area contributed by atoms with E-state index in [1.165, 1.54) is 0 Å². The lowest BCUT2D eigenvalue weighted by molar-refractivity contribution is -0.315. The topological polar surface area (TPSA) is 185 Å². The third-order valence-corrected chi connectivity index (χ3v) is 12.3. The summed E-state index contributed by atoms with van der Waals surface area (Å²) in [5.41, 5.74) is -4.17. The molecule has 232 valence electrons. The molecule has 7 N–H and O–H groups in total. The van der Waals surface area contributed by atoms with Gasteiger partial charge < -0.3 is 30.6 Å². The molecule has 0 aliphatic heterocycles. The van der Waals surface area contributed by atoms with E-state index >= 15 is 0 Å². The van der Waals surface area contributed by atoms with Gasteiger partial charge in [-0.25, -0.2) is 4.18 Å². The molecule has 10 nitrogen and oxygen atoms in total. The molecule has 0 spiro atoms. The maximum atomic E-state index is 12.4. The van der Waals surface area contributed by atoms with Gasteiger partial charge in [-0.1, -0.05) is 46.8 Å². The van der Waals surface area contributed by atoms with Crippen molar-refractivity contribution in [2.75, 3.05) is 6.61 Å². The second-order valence-corrected chi connectivity index (χ2v) is 15.3. The molecule has 13 atom stereocenters. The molecule has 0 bridgehead atoms. The summed E-state index contributed by atoms with van der Waals surface area (Å²) in [5, 5.41) is 66.9. The van der Waals surface area contributed by atoms with E-state index in [-0.39, 0.29) is 36.5 Å². The normalized spacial score (nSPS) is 47.9. The summed E-state index contributed by atoms with van der Waals surface area (Å²) in [6.07, 6.45) is 2.60. The molecule has 0 amide bonds. The van der Waals surface area contributed by atoms with Crippen LogP contribution in [0.3, 0.4) is 0 Å². The third-order valence-electron chi connectivity index (χ3n) is 11.8. The summed E-state index contributed by atoms with van der Waals surface area (Å²) in [4.78, 5) is 0. The van der Waals surface area contributed by atoms with Gasteiger partial charge in [-0.05, 0) is 61.2 Å². The molecule has 5 unspecified atom stereocenters. The molecular weight excluding hydrogens is 540 g/mol. The summed E-state index contributed by atoms with van der Waals surface area (Å²) < 4.78 is 36.6. The average Bonchev–Trinajstić information content (AvgIpc) is 3.10. The van der Waals surface area contributed by atoms with Gasteiger partial charge in [0.05, 0.1) is 36.1 Å². The molecule has 0 aromatic rings. The fraction of sp³-hybridized carbons (Fsp3) is 0.931. The second kappa shape index (κ2) is 10.8. The summed E-state index contributed by atoms with van der Waals surface area (Å²) in [7, 11) is -4.75. The lowest BCUT2D eigenvalue weighted by Gasteiger charge is -2.68. The van der Waals surface area contributed by atoms with Gasteiger partial charge in [-0.15, -0.1) is 0 Å². The summed E-state index contributed by atoms with van der Waals surface area (Å²) in [5.74, 6) is -1.58. The van der Waals surface area contributed by atoms with Crippen LogP contribution in [-0.2, 0) is 14.6 Å². The van der Waals surface area contributed by atoms with Gasteiger partial charge in [-0.2, -0.15) is 8.42 Å². The van der Waals surface area contributed by atoms with Gasteiger partial charge in [0.25, 0.3) is 0 Å². The molecule has 0 saturated heterocycles. The van der Waals surface area contributed by atoms with Gasteiger partial charge in [0.2, 0.25) is 0 Å². The van der Waals surface area contributed by atoms with Crippen LogP contribution in [0.2, 0.25) is 0 Å². The molecule has 4 aliphatic rings. The average molecular weight is 591 g/mol. The molecule has 0 aromatic heterocycles. The molecule has 0 radical (unpaired) electrons. The highest BCUT2D eigenvalue weighted by Crippen LogP contribution is 2.70. The molecule has 11 heteroatoms. The van der Waals surface area contributed by atoms with Crippen LogP contribution in [-0.4, -0.2) is 85.8 Å². The minimum absolute atomic E-state index is 0.0319. The van der Waals surface area contributed by atoms with Crippen molar-refractivity contribution in [2.24, 2.45) is 46.3 Å². The summed E-state index contributed by atoms with van der Waals surface area (Å²) in [6.45, 7) is 9.16. The van der Waals surface area contributed by atoms with E-state index < -0.39 is 75.3 Å². The molecule has 4 saturated carbocycles. The quantitative estimate of drug-likeness (QED) is 0.162. The molecule has 4 aliphatic carbocycles. The van der Waals surface area contributed by atoms with Crippen LogP contribution in [0.4, 0.5) is 0 Å². The molecule has 0 heterocycles. The number of aliphatic hydroxyl groups is 6. The summed E-state index contributed by atoms with van der Waals surface area (Å²) in [6, 6.07) is 0. The van der Waals surface area contributed by atoms with Crippen molar-refractivity contribution in [1.82, 2.24) is 0 Å². The van der Waals surface area contributed by atoms with Crippen LogP contribution in [0.5, 0.6) is 0 Å². The number of allylic oxidation sites excluding steroid dienone is 1. The smallest absolute Gasteiger partial charge is 0.394 e. The SMILES string of the molecule is CC(C)[C@@H](C=C[C@@H](C)[C@H]1CC(O)[C@@H]2[C@]1(C)CC[C@H]1[C@@]2(O)CC(O)C2(O)CC(O)CC[C@]12C)C(CO)OS(=O)(=O)O. The number of hydrogen-bond donors (Lipinski definition) is 7. The zero-order chi connectivity index (χ0) is 30.1. The van der Waals surface area contributed by atoms with Crippen LogP contribution in [0.25, 0.3) is 0 Å². The monoisotopic (exact) mass is 590 g/mol. The minimum Gasteiger partial charge on any atom is -0.394 e. The van der Waals surface area contributed by atoms with Crippen LogP contribution >= 0.6 is 0 Å². The Bertz CT molecular complexity index is 1070. The molecular formula is C29H50O10S. The number of aliphatic hydroxyl groups excluding tert-OH is 4. The number of hydrogen-bond acceptors (Lipinski definition) is 9. The van der Waals surface area contributed by atoms with Crippen LogP contribution in [0.1, 0.15) is 79.6 Å². The Morgan fingerprint density at radius 2 is 1.65 bits per heavy atom. The van der Waals surface area contributed by atoms with Crippen LogP contribution in [0, 0.1) is 46.3 Å². The Morgan fingerprint density at radius 1 is 1.00 bits per heavy atom. The minimum atomic E-state index is -4.75. The highest BCUT2D eigenvalue weighted by molar-refractivity contribution is 7.80. The number of rotatable bonds is 8. The first-order valence-electron chi connectivity index (χ1n) is 14.8. The van der Waals surface area contributed by atoms with Crippen molar-refractivity contribution in [3.63, 3.8) is 0 Å². The van der Waals surface area contributed by atoms with E-state index in [1.54, 1.807) is 0 Å². The van der Waals surface area contributed by atoms with E-state index in [2.05, 4.69) is 6.92 Å². The Balaban J connectivity index is 1.62. The number of fused-ring (bicyclic) bond motifs is 5. The zero-order valence-corrected chi connectivity index (χ0v) is 25.2. The highest BCUT2D eigenvalue weighted by Gasteiger charge is 2.74. The van der Waals surface area contributed by atoms with Crippen LogP contribution in [0.15, 0.2) is 12.2 Å². The van der Waals surface area contributed by atoms with Gasteiger partial charge in [-0.3, -0.25) is 4.55 Å². The van der Waals surface area contributed by atoms with Crippen molar-refractivity contribution < 1.29 is 47.8 Å². The summed E-state index contributed by atoms with van der Waals surface area (Å²) >= 11 is 0. The van der Waals surface area contributed by atoms with Gasteiger partial charge >= 0.3 is 10.4 Å². The maximum Gasteiger partial charge on any atom is 0.397 e. The lowest BCUT2D eigenvalue weighted by atomic mass is 9.40. The van der Waals surface area contributed by atoms with Crippen molar-refractivity contribution >= 4 is 10.4 Å². The zero-order valence-electron chi connectivity index (χ0n) is 24.3. The van der Waals surface area contributed by atoms with Crippen molar-refractivity contribution in [1.29, 1.82) is 0 Å².